The van der Waals surface area contributed by atoms with Crippen LogP contribution in [0.4, 0.5) is 8.78 Å². The fourth-order valence-electron chi connectivity index (χ4n) is 2.50. The van der Waals surface area contributed by atoms with E-state index in [4.69, 9.17) is 0 Å². The lowest BCUT2D eigenvalue weighted by atomic mass is 10.1. The molecule has 146 valence electrons. The van der Waals surface area contributed by atoms with Gasteiger partial charge in [-0.3, -0.25) is 9.89 Å². The second kappa shape index (κ2) is 9.32. The first-order chi connectivity index (χ1) is 13.5. The van der Waals surface area contributed by atoms with Crippen molar-refractivity contribution < 1.29 is 18.3 Å². The van der Waals surface area contributed by atoms with E-state index in [0.29, 0.717) is 17.9 Å². The molecule has 1 aromatic heterocycles. The minimum Gasteiger partial charge on any atom is -0.435 e. The summed E-state index contributed by atoms with van der Waals surface area (Å²) >= 11 is 1.53. The average molecular weight is 404 g/mol. The molecule has 3 rings (SSSR count). The highest BCUT2D eigenvalue weighted by molar-refractivity contribution is 7.98. The molecule has 1 N–H and O–H groups in total. The quantitative estimate of drug-likeness (QED) is 0.575. The number of alkyl halides is 2. The normalized spacial score (nSPS) is 10.9. The van der Waals surface area contributed by atoms with Gasteiger partial charge in [-0.25, -0.2) is 4.98 Å². The van der Waals surface area contributed by atoms with Crippen LogP contribution in [0.5, 0.6) is 5.75 Å². The number of ether oxygens (including phenoxy) is 1. The van der Waals surface area contributed by atoms with Crippen LogP contribution in [0.3, 0.4) is 0 Å². The smallest absolute Gasteiger partial charge is 0.387 e. The molecule has 0 aliphatic rings. The second-order valence-corrected chi connectivity index (χ2v) is 6.92. The van der Waals surface area contributed by atoms with Gasteiger partial charge in [0.05, 0.1) is 0 Å². The molecule has 6 nitrogen and oxygen atoms in total. The summed E-state index contributed by atoms with van der Waals surface area (Å²) in [5.41, 5.74) is 2.46. The van der Waals surface area contributed by atoms with E-state index in [1.54, 1.807) is 36.2 Å². The molecule has 0 atom stereocenters. The van der Waals surface area contributed by atoms with Crippen molar-refractivity contribution in [3.63, 3.8) is 0 Å². The van der Waals surface area contributed by atoms with Crippen LogP contribution in [0.25, 0.3) is 0 Å². The minimum absolute atomic E-state index is 0.0894. The van der Waals surface area contributed by atoms with Crippen LogP contribution >= 0.6 is 11.8 Å². The van der Waals surface area contributed by atoms with Crippen molar-refractivity contribution in [2.45, 2.75) is 24.1 Å². The van der Waals surface area contributed by atoms with E-state index < -0.39 is 6.61 Å². The summed E-state index contributed by atoms with van der Waals surface area (Å²) in [6.07, 6.45) is 1.46. The zero-order valence-electron chi connectivity index (χ0n) is 15.0. The molecule has 0 fully saturated rings. The molecule has 9 heteroatoms. The predicted octanol–water partition coefficient (Wildman–Crippen LogP) is 3.97. The van der Waals surface area contributed by atoms with Gasteiger partial charge in [0.25, 0.3) is 5.91 Å². The maximum absolute atomic E-state index is 12.6. The molecule has 0 aliphatic heterocycles. The number of thioether (sulfide) groups is 1. The Hall–Kier alpha value is -2.94. The summed E-state index contributed by atoms with van der Waals surface area (Å²) in [6.45, 7) is -2.50. The number of rotatable bonds is 8. The van der Waals surface area contributed by atoms with Crippen molar-refractivity contribution >= 4 is 17.7 Å². The minimum atomic E-state index is -2.85. The van der Waals surface area contributed by atoms with Gasteiger partial charge in [0, 0.05) is 24.9 Å². The van der Waals surface area contributed by atoms with Gasteiger partial charge in [-0.15, -0.1) is 0 Å². The number of hydrogen-bond donors (Lipinski definition) is 1. The average Bonchev–Trinajstić information content (AvgIpc) is 3.21. The molecule has 3 aromatic rings. The van der Waals surface area contributed by atoms with Crippen LogP contribution in [0, 0.1) is 0 Å². The SMILES string of the molecule is CN(Cc1ccc(OC(F)F)cc1)C(=O)c1ccc(CSc2ncn[nH]2)cc1. The predicted molar refractivity (Wildman–Crippen MR) is 101 cm³/mol. The Bertz CT molecular complexity index is 887. The van der Waals surface area contributed by atoms with Crippen molar-refractivity contribution in [1.82, 2.24) is 20.1 Å². The fourth-order valence-corrected chi connectivity index (χ4v) is 3.24. The number of hydrogen-bond acceptors (Lipinski definition) is 5. The number of halogens is 2. The monoisotopic (exact) mass is 404 g/mol. The first-order valence-electron chi connectivity index (χ1n) is 8.37. The van der Waals surface area contributed by atoms with Crippen molar-refractivity contribution in [3.05, 3.63) is 71.5 Å². The lowest BCUT2D eigenvalue weighted by Crippen LogP contribution is -2.26. The lowest BCUT2D eigenvalue weighted by molar-refractivity contribution is -0.0498. The first kappa shape index (κ1) is 19.8. The summed E-state index contributed by atoms with van der Waals surface area (Å²) in [7, 11) is 1.69. The first-order valence-corrected chi connectivity index (χ1v) is 9.36. The van der Waals surface area contributed by atoms with E-state index in [0.717, 1.165) is 16.3 Å². The van der Waals surface area contributed by atoms with E-state index in [9.17, 15) is 13.6 Å². The number of benzene rings is 2. The van der Waals surface area contributed by atoms with E-state index in [1.807, 2.05) is 12.1 Å². The van der Waals surface area contributed by atoms with Crippen molar-refractivity contribution in [2.24, 2.45) is 0 Å². The van der Waals surface area contributed by atoms with Gasteiger partial charge >= 0.3 is 6.61 Å². The number of aromatic amines is 1. The third-order valence-corrected chi connectivity index (χ3v) is 4.83. The zero-order chi connectivity index (χ0) is 19.9. The summed E-state index contributed by atoms with van der Waals surface area (Å²) in [6, 6.07) is 13.6. The highest BCUT2D eigenvalue weighted by Gasteiger charge is 2.13. The summed E-state index contributed by atoms with van der Waals surface area (Å²) in [5.74, 6) is 0.681. The molecule has 0 bridgehead atoms. The Labute approximate surface area is 164 Å². The van der Waals surface area contributed by atoms with Crippen LogP contribution in [0.1, 0.15) is 21.5 Å². The largest absolute Gasteiger partial charge is 0.435 e. The number of carbonyl (C=O) groups is 1. The van der Waals surface area contributed by atoms with E-state index in [2.05, 4.69) is 19.9 Å². The van der Waals surface area contributed by atoms with Gasteiger partial charge in [0.2, 0.25) is 0 Å². The third kappa shape index (κ3) is 5.53. The number of carbonyl (C=O) groups excluding carboxylic acids is 1. The summed E-state index contributed by atoms with van der Waals surface area (Å²) < 4.78 is 28.7. The molecule has 1 amide bonds. The molecule has 0 saturated carbocycles. The van der Waals surface area contributed by atoms with Gasteiger partial charge in [-0.1, -0.05) is 36.0 Å². The molecule has 0 spiro atoms. The van der Waals surface area contributed by atoms with E-state index in [-0.39, 0.29) is 11.7 Å². The number of H-pyrrole nitrogens is 1. The zero-order valence-corrected chi connectivity index (χ0v) is 15.8. The Kier molecular flexibility index (Phi) is 6.59. The maximum atomic E-state index is 12.6. The van der Waals surface area contributed by atoms with Crippen LogP contribution in [0.2, 0.25) is 0 Å². The molecule has 28 heavy (non-hydrogen) atoms. The Morgan fingerprint density at radius 2 is 1.82 bits per heavy atom. The highest BCUT2D eigenvalue weighted by Crippen LogP contribution is 2.20. The Morgan fingerprint density at radius 1 is 1.14 bits per heavy atom. The van der Waals surface area contributed by atoms with Gasteiger partial charge < -0.3 is 9.64 Å². The second-order valence-electron chi connectivity index (χ2n) is 5.96. The van der Waals surface area contributed by atoms with Gasteiger partial charge in [0.15, 0.2) is 5.16 Å². The number of aromatic nitrogens is 3. The highest BCUT2D eigenvalue weighted by atomic mass is 32.2. The lowest BCUT2D eigenvalue weighted by Gasteiger charge is -2.18. The van der Waals surface area contributed by atoms with Crippen LogP contribution < -0.4 is 4.74 Å². The maximum Gasteiger partial charge on any atom is 0.387 e. The Morgan fingerprint density at radius 3 is 2.43 bits per heavy atom. The molecule has 0 saturated heterocycles. The van der Waals surface area contributed by atoms with Crippen molar-refractivity contribution in [3.8, 4) is 5.75 Å². The Balaban J connectivity index is 1.55. The molecular weight excluding hydrogens is 386 g/mol. The molecule has 0 unspecified atom stereocenters. The molecule has 1 heterocycles. The van der Waals surface area contributed by atoms with Crippen LogP contribution in [-0.4, -0.2) is 39.6 Å². The van der Waals surface area contributed by atoms with Gasteiger partial charge in [-0.05, 0) is 35.4 Å². The molecule has 2 aromatic carbocycles. The number of amides is 1. The third-order valence-electron chi connectivity index (χ3n) is 3.88. The number of nitrogens with one attached hydrogen (secondary N) is 1. The van der Waals surface area contributed by atoms with Gasteiger partial charge in [-0.2, -0.15) is 13.9 Å². The summed E-state index contributed by atoms with van der Waals surface area (Å²) in [5, 5.41) is 7.32. The van der Waals surface area contributed by atoms with Crippen LogP contribution in [0.15, 0.2) is 60.0 Å². The summed E-state index contributed by atoms with van der Waals surface area (Å²) in [4.78, 5) is 18.2. The molecule has 0 aliphatic carbocycles. The molecular formula is C19H18F2N4O2S. The standard InChI is InChI=1S/C19H18F2N4O2S/c1-25(10-13-4-8-16(9-5-13)27-18(20)21)17(26)15-6-2-14(3-7-15)11-28-19-22-12-23-24-19/h2-9,12,18H,10-11H2,1H3,(H,22,23,24). The molecule has 0 radical (unpaired) electrons. The van der Waals surface area contributed by atoms with Gasteiger partial charge in [0.1, 0.15) is 12.1 Å². The van der Waals surface area contributed by atoms with Crippen molar-refractivity contribution in [2.75, 3.05) is 7.05 Å². The van der Waals surface area contributed by atoms with Crippen molar-refractivity contribution in [1.29, 1.82) is 0 Å². The van der Waals surface area contributed by atoms with E-state index in [1.165, 1.54) is 30.2 Å². The van der Waals surface area contributed by atoms with Crippen LogP contribution in [-0.2, 0) is 12.3 Å². The topological polar surface area (TPSA) is 71.1 Å². The van der Waals surface area contributed by atoms with E-state index >= 15 is 0 Å². The fraction of sp³-hybridized carbons (Fsp3) is 0.211. The number of nitrogens with zero attached hydrogens (tertiary/aromatic N) is 3.